The summed E-state index contributed by atoms with van der Waals surface area (Å²) in [6.07, 6.45) is 5.42. The Hall–Kier alpha value is -2.04. The van der Waals surface area contributed by atoms with Crippen LogP contribution in [0.2, 0.25) is 0 Å². The Balaban J connectivity index is 1.67. The maximum absolute atomic E-state index is 12.8. The summed E-state index contributed by atoms with van der Waals surface area (Å²) in [7, 11) is 1.65. The molecule has 0 aliphatic heterocycles. The van der Waals surface area contributed by atoms with Crippen LogP contribution < -0.4 is 15.4 Å². The molecule has 2 saturated carbocycles. The van der Waals surface area contributed by atoms with E-state index in [1.54, 1.807) is 7.11 Å². The van der Waals surface area contributed by atoms with Crippen molar-refractivity contribution in [3.63, 3.8) is 0 Å². The van der Waals surface area contributed by atoms with Crippen LogP contribution >= 0.6 is 0 Å². The lowest BCUT2D eigenvalue weighted by Gasteiger charge is -2.36. The molecule has 2 aliphatic rings. The maximum Gasteiger partial charge on any atom is 0.245 e. The quantitative estimate of drug-likeness (QED) is 0.834. The number of benzene rings is 1. The van der Waals surface area contributed by atoms with Crippen molar-refractivity contribution in [3.8, 4) is 5.75 Å². The first-order valence-electron chi connectivity index (χ1n) is 9.34. The molecule has 5 heteroatoms. The van der Waals surface area contributed by atoms with E-state index in [4.69, 9.17) is 4.74 Å². The second-order valence-electron chi connectivity index (χ2n) is 7.22. The molecule has 2 fully saturated rings. The first-order valence-corrected chi connectivity index (χ1v) is 9.34. The van der Waals surface area contributed by atoms with Crippen LogP contribution in [0, 0.1) is 5.92 Å². The van der Waals surface area contributed by atoms with E-state index in [0.717, 1.165) is 49.8 Å². The number of rotatable bonds is 6. The first kappa shape index (κ1) is 17.8. The normalized spacial score (nSPS) is 24.2. The third kappa shape index (κ3) is 3.80. The predicted molar refractivity (Wildman–Crippen MR) is 96.5 cm³/mol. The predicted octanol–water partition coefficient (Wildman–Crippen LogP) is 2.75. The number of nitrogens with one attached hydrogen (secondary N) is 2. The fourth-order valence-corrected chi connectivity index (χ4v) is 3.95. The molecule has 0 radical (unpaired) electrons. The zero-order valence-corrected chi connectivity index (χ0v) is 15.1. The van der Waals surface area contributed by atoms with Gasteiger partial charge in [-0.3, -0.25) is 9.59 Å². The van der Waals surface area contributed by atoms with Crippen molar-refractivity contribution in [1.29, 1.82) is 0 Å². The van der Waals surface area contributed by atoms with E-state index in [1.165, 1.54) is 0 Å². The summed E-state index contributed by atoms with van der Waals surface area (Å²) in [4.78, 5) is 25.4. The second-order valence-corrected chi connectivity index (χ2v) is 7.22. The second kappa shape index (κ2) is 7.46. The minimum atomic E-state index is -0.715. The van der Waals surface area contributed by atoms with Crippen molar-refractivity contribution in [2.45, 2.75) is 56.9 Å². The highest BCUT2D eigenvalue weighted by molar-refractivity contribution is 5.93. The fourth-order valence-electron chi connectivity index (χ4n) is 3.95. The molecule has 25 heavy (non-hydrogen) atoms. The standard InChI is InChI=1S/C20H28N2O3/c1-3-21-19(24)20(10-5-4-6-11-20)22-18(23)17-13-16(17)14-8-7-9-15(12-14)25-2/h7-9,12,16-17H,3-6,10-11,13H2,1-2H3,(H,21,24)(H,22,23). The molecule has 2 unspecified atom stereocenters. The Bertz CT molecular complexity index is 638. The van der Waals surface area contributed by atoms with Crippen LogP contribution in [0.1, 0.15) is 56.9 Å². The van der Waals surface area contributed by atoms with Gasteiger partial charge in [-0.15, -0.1) is 0 Å². The van der Waals surface area contributed by atoms with Crippen molar-refractivity contribution in [3.05, 3.63) is 29.8 Å². The van der Waals surface area contributed by atoms with Crippen LogP contribution in [0.5, 0.6) is 5.75 Å². The molecular weight excluding hydrogens is 316 g/mol. The van der Waals surface area contributed by atoms with Gasteiger partial charge in [-0.05, 0) is 49.8 Å². The molecule has 0 saturated heterocycles. The number of methoxy groups -OCH3 is 1. The van der Waals surface area contributed by atoms with Gasteiger partial charge in [-0.1, -0.05) is 31.4 Å². The molecule has 0 bridgehead atoms. The average molecular weight is 344 g/mol. The third-order valence-corrected chi connectivity index (χ3v) is 5.49. The molecule has 0 spiro atoms. The van der Waals surface area contributed by atoms with Gasteiger partial charge in [0.15, 0.2) is 0 Å². The highest BCUT2D eigenvalue weighted by Crippen LogP contribution is 2.48. The largest absolute Gasteiger partial charge is 0.497 e. The topological polar surface area (TPSA) is 67.4 Å². The lowest BCUT2D eigenvalue weighted by atomic mass is 9.80. The molecule has 1 aromatic rings. The number of carbonyl (C=O) groups excluding carboxylic acids is 2. The summed E-state index contributed by atoms with van der Waals surface area (Å²) in [5.74, 6) is 0.988. The summed E-state index contributed by atoms with van der Waals surface area (Å²) in [6, 6.07) is 7.91. The van der Waals surface area contributed by atoms with Crippen LogP contribution in [-0.4, -0.2) is 31.0 Å². The van der Waals surface area contributed by atoms with Gasteiger partial charge in [-0.25, -0.2) is 0 Å². The monoisotopic (exact) mass is 344 g/mol. The molecule has 5 nitrogen and oxygen atoms in total. The summed E-state index contributed by atoms with van der Waals surface area (Å²) in [6.45, 7) is 2.50. The lowest BCUT2D eigenvalue weighted by Crippen LogP contribution is -2.60. The van der Waals surface area contributed by atoms with E-state index in [1.807, 2.05) is 31.2 Å². The molecular formula is C20H28N2O3. The molecule has 2 aliphatic carbocycles. The zero-order chi connectivity index (χ0) is 17.9. The summed E-state index contributed by atoms with van der Waals surface area (Å²) in [5, 5.41) is 6.03. The first-order chi connectivity index (χ1) is 12.1. The fraction of sp³-hybridized carbons (Fsp3) is 0.600. The number of amides is 2. The Morgan fingerprint density at radius 1 is 1.24 bits per heavy atom. The minimum absolute atomic E-state index is 0.0148. The van der Waals surface area contributed by atoms with Gasteiger partial charge >= 0.3 is 0 Å². The molecule has 2 atom stereocenters. The number of carbonyl (C=O) groups is 2. The van der Waals surface area contributed by atoms with Crippen molar-refractivity contribution in [2.75, 3.05) is 13.7 Å². The van der Waals surface area contributed by atoms with Crippen LogP contribution in [-0.2, 0) is 9.59 Å². The van der Waals surface area contributed by atoms with Crippen molar-refractivity contribution in [1.82, 2.24) is 10.6 Å². The molecule has 0 aromatic heterocycles. The number of likely N-dealkylation sites (N-methyl/N-ethyl adjacent to an activating group) is 1. The van der Waals surface area contributed by atoms with Crippen molar-refractivity contribution < 1.29 is 14.3 Å². The van der Waals surface area contributed by atoms with E-state index in [2.05, 4.69) is 10.6 Å². The van der Waals surface area contributed by atoms with E-state index >= 15 is 0 Å². The smallest absolute Gasteiger partial charge is 0.245 e. The zero-order valence-electron chi connectivity index (χ0n) is 15.1. The maximum atomic E-state index is 12.8. The molecule has 0 heterocycles. The average Bonchev–Trinajstić information content (AvgIpc) is 3.44. The van der Waals surface area contributed by atoms with E-state index < -0.39 is 5.54 Å². The Morgan fingerprint density at radius 2 is 2.00 bits per heavy atom. The van der Waals surface area contributed by atoms with Crippen LogP contribution in [0.15, 0.2) is 24.3 Å². The molecule has 136 valence electrons. The number of hydrogen-bond donors (Lipinski definition) is 2. The van der Waals surface area contributed by atoms with Gasteiger partial charge in [0.25, 0.3) is 0 Å². The van der Waals surface area contributed by atoms with E-state index in [9.17, 15) is 9.59 Å². The Kier molecular flexibility index (Phi) is 5.30. The van der Waals surface area contributed by atoms with Gasteiger partial charge in [0.1, 0.15) is 11.3 Å². The highest BCUT2D eigenvalue weighted by Gasteiger charge is 2.48. The van der Waals surface area contributed by atoms with Gasteiger partial charge in [0, 0.05) is 12.5 Å². The van der Waals surface area contributed by atoms with Gasteiger partial charge in [0.2, 0.25) is 11.8 Å². The third-order valence-electron chi connectivity index (χ3n) is 5.49. The SMILES string of the molecule is CCNC(=O)C1(NC(=O)C2CC2c2cccc(OC)c2)CCCCC1. The molecule has 2 amide bonds. The highest BCUT2D eigenvalue weighted by atomic mass is 16.5. The van der Waals surface area contributed by atoms with E-state index in [-0.39, 0.29) is 23.7 Å². The van der Waals surface area contributed by atoms with Gasteiger partial charge in [0.05, 0.1) is 7.11 Å². The van der Waals surface area contributed by atoms with Gasteiger partial charge in [-0.2, -0.15) is 0 Å². The summed E-state index contributed by atoms with van der Waals surface area (Å²) in [5.41, 5.74) is 0.419. The van der Waals surface area contributed by atoms with Gasteiger partial charge < -0.3 is 15.4 Å². The molecule has 3 rings (SSSR count). The lowest BCUT2D eigenvalue weighted by molar-refractivity contribution is -0.135. The van der Waals surface area contributed by atoms with Crippen molar-refractivity contribution in [2.24, 2.45) is 5.92 Å². The van der Waals surface area contributed by atoms with Crippen LogP contribution in [0.3, 0.4) is 0 Å². The van der Waals surface area contributed by atoms with E-state index in [0.29, 0.717) is 6.54 Å². The van der Waals surface area contributed by atoms with Crippen molar-refractivity contribution >= 4 is 11.8 Å². The summed E-state index contributed by atoms with van der Waals surface area (Å²) < 4.78 is 5.27. The molecule has 1 aromatic carbocycles. The Labute approximate surface area is 149 Å². The number of ether oxygens (including phenoxy) is 1. The van der Waals surface area contributed by atoms with Crippen LogP contribution in [0.4, 0.5) is 0 Å². The minimum Gasteiger partial charge on any atom is -0.497 e. The molecule has 2 N–H and O–H groups in total. The number of hydrogen-bond acceptors (Lipinski definition) is 3. The van der Waals surface area contributed by atoms with Crippen LogP contribution in [0.25, 0.3) is 0 Å². The summed E-state index contributed by atoms with van der Waals surface area (Å²) >= 11 is 0. The Morgan fingerprint density at radius 3 is 2.68 bits per heavy atom.